The van der Waals surface area contributed by atoms with E-state index in [1.54, 1.807) is 6.92 Å². The molecular weight excluding hydrogens is 453 g/mol. The lowest BCUT2D eigenvalue weighted by molar-refractivity contribution is 0.147. The molecule has 7 nitrogen and oxygen atoms in total. The molecule has 1 saturated heterocycles. The van der Waals surface area contributed by atoms with Crippen molar-refractivity contribution in [1.29, 1.82) is 0 Å². The zero-order valence-electron chi connectivity index (χ0n) is 15.9. The van der Waals surface area contributed by atoms with E-state index in [0.717, 1.165) is 25.6 Å². The Labute approximate surface area is 170 Å². The van der Waals surface area contributed by atoms with Gasteiger partial charge in [-0.15, -0.1) is 24.0 Å². The summed E-state index contributed by atoms with van der Waals surface area (Å²) in [5, 5.41) is 6.54. The topological polar surface area (TPSA) is 85.8 Å². The van der Waals surface area contributed by atoms with Crippen molar-refractivity contribution >= 4 is 40.0 Å². The van der Waals surface area contributed by atoms with Crippen LogP contribution in [0.5, 0.6) is 0 Å². The first-order valence-electron chi connectivity index (χ1n) is 9.26. The van der Waals surface area contributed by atoms with Crippen LogP contribution in [0.1, 0.15) is 46.5 Å². The van der Waals surface area contributed by atoms with Crippen molar-refractivity contribution in [2.75, 3.05) is 45.0 Å². The Kier molecular flexibility index (Phi) is 13.9. The van der Waals surface area contributed by atoms with Gasteiger partial charge in [-0.1, -0.05) is 13.3 Å². The van der Waals surface area contributed by atoms with Gasteiger partial charge in [0.05, 0.1) is 12.3 Å². The minimum absolute atomic E-state index is 0. The van der Waals surface area contributed by atoms with Gasteiger partial charge in [-0.05, 0) is 39.7 Å². The third-order valence-corrected chi connectivity index (χ3v) is 5.74. The number of guanidine groups is 1. The van der Waals surface area contributed by atoms with Gasteiger partial charge in [0.1, 0.15) is 0 Å². The molecule has 0 bridgehead atoms. The van der Waals surface area contributed by atoms with Crippen LogP contribution in [0.15, 0.2) is 4.99 Å². The molecule has 1 aliphatic rings. The second kappa shape index (κ2) is 14.0. The Bertz CT molecular complexity index is 473. The van der Waals surface area contributed by atoms with E-state index in [1.165, 1.54) is 32.2 Å². The lowest BCUT2D eigenvalue weighted by Gasteiger charge is -2.35. The fourth-order valence-electron chi connectivity index (χ4n) is 2.95. The van der Waals surface area contributed by atoms with Gasteiger partial charge >= 0.3 is 0 Å². The van der Waals surface area contributed by atoms with Gasteiger partial charge in [-0.2, -0.15) is 0 Å². The van der Waals surface area contributed by atoms with Crippen LogP contribution < -0.4 is 15.4 Å². The van der Waals surface area contributed by atoms with E-state index in [4.69, 9.17) is 0 Å². The van der Waals surface area contributed by atoms with Crippen molar-refractivity contribution < 1.29 is 8.42 Å². The van der Waals surface area contributed by atoms with Crippen LogP contribution in [-0.2, 0) is 10.0 Å². The summed E-state index contributed by atoms with van der Waals surface area (Å²) in [6.45, 7) is 10.5. The number of nitrogens with one attached hydrogen (secondary N) is 3. The number of piperidine rings is 1. The summed E-state index contributed by atoms with van der Waals surface area (Å²) < 4.78 is 25.3. The minimum Gasteiger partial charge on any atom is -0.357 e. The highest BCUT2D eigenvalue weighted by Crippen LogP contribution is 2.18. The van der Waals surface area contributed by atoms with Crippen molar-refractivity contribution in [1.82, 2.24) is 20.3 Å². The maximum absolute atomic E-state index is 11.4. The zero-order valence-corrected chi connectivity index (χ0v) is 19.0. The van der Waals surface area contributed by atoms with Crippen LogP contribution in [-0.4, -0.2) is 70.3 Å². The van der Waals surface area contributed by atoms with Gasteiger partial charge in [0, 0.05) is 32.2 Å². The second-order valence-corrected chi connectivity index (χ2v) is 8.17. The van der Waals surface area contributed by atoms with Gasteiger partial charge in [0.25, 0.3) is 0 Å². The molecule has 25 heavy (non-hydrogen) atoms. The number of hydrogen-bond donors (Lipinski definition) is 3. The molecule has 0 aliphatic carbocycles. The molecule has 0 amide bonds. The van der Waals surface area contributed by atoms with Crippen LogP contribution in [0.25, 0.3) is 0 Å². The zero-order chi connectivity index (χ0) is 17.8. The van der Waals surface area contributed by atoms with E-state index in [0.29, 0.717) is 19.1 Å². The van der Waals surface area contributed by atoms with Crippen molar-refractivity contribution in [3.05, 3.63) is 0 Å². The number of aliphatic imine (C=N–C) groups is 1. The summed E-state index contributed by atoms with van der Waals surface area (Å²) >= 11 is 0. The van der Waals surface area contributed by atoms with Crippen molar-refractivity contribution in [3.8, 4) is 0 Å². The van der Waals surface area contributed by atoms with Gasteiger partial charge in [-0.25, -0.2) is 13.1 Å². The molecule has 0 aromatic carbocycles. The average Bonchev–Trinajstić information content (AvgIpc) is 2.59. The number of halogens is 1. The molecule has 0 radical (unpaired) electrons. The van der Waals surface area contributed by atoms with Gasteiger partial charge in [-0.3, -0.25) is 9.89 Å². The van der Waals surface area contributed by atoms with E-state index in [-0.39, 0.29) is 29.7 Å². The Morgan fingerprint density at radius 2 is 1.92 bits per heavy atom. The SMILES string of the molecule is CCNC(=NCCNS(=O)(=O)CC)NCCN1CCCCC1CC.I. The maximum atomic E-state index is 11.4. The van der Waals surface area contributed by atoms with Gasteiger partial charge in [0.2, 0.25) is 10.0 Å². The molecule has 1 heterocycles. The highest BCUT2D eigenvalue weighted by atomic mass is 127. The lowest BCUT2D eigenvalue weighted by atomic mass is 10.0. The van der Waals surface area contributed by atoms with Gasteiger partial charge in [0.15, 0.2) is 5.96 Å². The number of hydrogen-bond acceptors (Lipinski definition) is 4. The molecule has 1 unspecified atom stereocenters. The largest absolute Gasteiger partial charge is 0.357 e. The minimum atomic E-state index is -3.14. The molecule has 0 spiro atoms. The van der Waals surface area contributed by atoms with Crippen molar-refractivity contribution in [2.24, 2.45) is 4.99 Å². The molecular formula is C16H36IN5O2S. The Balaban J connectivity index is 0.00000576. The van der Waals surface area contributed by atoms with E-state index in [1.807, 2.05) is 6.92 Å². The maximum Gasteiger partial charge on any atom is 0.211 e. The van der Waals surface area contributed by atoms with Crippen LogP contribution in [0, 0.1) is 0 Å². The first-order chi connectivity index (χ1) is 11.5. The number of rotatable bonds is 10. The molecule has 1 fully saturated rings. The monoisotopic (exact) mass is 489 g/mol. The predicted molar refractivity (Wildman–Crippen MR) is 116 cm³/mol. The smallest absolute Gasteiger partial charge is 0.211 e. The standard InChI is InChI=1S/C16H35N5O2S.HI/c1-4-15-9-7-8-13-21(15)14-12-19-16(17-5-2)18-10-11-20-24(22,23)6-3;/h15,20H,4-14H2,1-3H3,(H2,17,18,19);1H. The van der Waals surface area contributed by atoms with Gasteiger partial charge < -0.3 is 10.6 Å². The molecule has 3 N–H and O–H groups in total. The number of likely N-dealkylation sites (tertiary alicyclic amines) is 1. The van der Waals surface area contributed by atoms with Crippen molar-refractivity contribution in [3.63, 3.8) is 0 Å². The first kappa shape index (κ1) is 24.9. The third kappa shape index (κ3) is 10.6. The van der Waals surface area contributed by atoms with Crippen LogP contribution >= 0.6 is 24.0 Å². The fourth-order valence-corrected chi connectivity index (χ4v) is 3.55. The average molecular weight is 489 g/mol. The van der Waals surface area contributed by atoms with E-state index in [9.17, 15) is 8.42 Å². The highest BCUT2D eigenvalue weighted by molar-refractivity contribution is 14.0. The summed E-state index contributed by atoms with van der Waals surface area (Å²) in [4.78, 5) is 6.99. The fraction of sp³-hybridized carbons (Fsp3) is 0.938. The quantitative estimate of drug-likeness (QED) is 0.187. The summed E-state index contributed by atoms with van der Waals surface area (Å²) in [5.41, 5.74) is 0. The molecule has 1 atom stereocenters. The molecule has 0 saturated carbocycles. The van der Waals surface area contributed by atoms with E-state index < -0.39 is 10.0 Å². The summed E-state index contributed by atoms with van der Waals surface area (Å²) in [5.74, 6) is 0.849. The van der Waals surface area contributed by atoms with Crippen LogP contribution in [0.3, 0.4) is 0 Å². The molecule has 1 rings (SSSR count). The molecule has 1 aliphatic heterocycles. The van der Waals surface area contributed by atoms with E-state index in [2.05, 4.69) is 32.2 Å². The highest BCUT2D eigenvalue weighted by Gasteiger charge is 2.19. The summed E-state index contributed by atoms with van der Waals surface area (Å²) in [6.07, 6.45) is 5.16. The summed E-state index contributed by atoms with van der Waals surface area (Å²) in [7, 11) is -3.14. The Morgan fingerprint density at radius 3 is 2.56 bits per heavy atom. The normalized spacial score (nSPS) is 19.3. The first-order valence-corrected chi connectivity index (χ1v) is 10.9. The van der Waals surface area contributed by atoms with E-state index >= 15 is 0 Å². The molecule has 9 heteroatoms. The molecule has 0 aromatic heterocycles. The van der Waals surface area contributed by atoms with Crippen LogP contribution in [0.2, 0.25) is 0 Å². The lowest BCUT2D eigenvalue weighted by Crippen LogP contribution is -2.46. The second-order valence-electron chi connectivity index (χ2n) is 6.08. The Hall–Kier alpha value is -0.130. The predicted octanol–water partition coefficient (Wildman–Crippen LogP) is 1.36. The third-order valence-electron chi connectivity index (χ3n) is 4.34. The molecule has 0 aromatic rings. The number of nitrogens with zero attached hydrogens (tertiary/aromatic N) is 2. The van der Waals surface area contributed by atoms with Crippen molar-refractivity contribution in [2.45, 2.75) is 52.5 Å². The molecule has 150 valence electrons. The Morgan fingerprint density at radius 1 is 1.16 bits per heavy atom. The van der Waals surface area contributed by atoms with Crippen LogP contribution in [0.4, 0.5) is 0 Å². The number of sulfonamides is 1. The summed E-state index contributed by atoms with van der Waals surface area (Å²) in [6, 6.07) is 0.712.